The number of hydrogen-bond acceptors (Lipinski definition) is 5. The SMILES string of the molecule is CC(=O)c1cc(CCC(=O)Nn2cnc3ccccc3c2=O)oc1C. The van der Waals surface area contributed by atoms with Crippen molar-refractivity contribution >= 4 is 22.6 Å². The highest BCUT2D eigenvalue weighted by atomic mass is 16.3. The number of hydrogen-bond donors (Lipinski definition) is 1. The van der Waals surface area contributed by atoms with Crippen molar-refractivity contribution in [2.45, 2.75) is 26.7 Å². The third-order valence-electron chi connectivity index (χ3n) is 3.86. The second kappa shape index (κ2) is 6.72. The van der Waals surface area contributed by atoms with Crippen LogP contribution in [0.5, 0.6) is 0 Å². The monoisotopic (exact) mass is 339 g/mol. The lowest BCUT2D eigenvalue weighted by molar-refractivity contribution is -0.117. The normalized spacial score (nSPS) is 10.8. The van der Waals surface area contributed by atoms with Gasteiger partial charge in [0.15, 0.2) is 5.78 Å². The highest BCUT2D eigenvalue weighted by Gasteiger charge is 2.13. The predicted octanol–water partition coefficient (Wildman–Crippen LogP) is 2.20. The summed E-state index contributed by atoms with van der Waals surface area (Å²) in [5.41, 5.74) is 3.26. The molecule has 128 valence electrons. The van der Waals surface area contributed by atoms with Crippen molar-refractivity contribution in [3.63, 3.8) is 0 Å². The first-order valence-electron chi connectivity index (χ1n) is 7.82. The fourth-order valence-corrected chi connectivity index (χ4v) is 2.59. The fourth-order valence-electron chi connectivity index (χ4n) is 2.59. The Labute approximate surface area is 143 Å². The van der Waals surface area contributed by atoms with E-state index in [1.807, 2.05) is 0 Å². The van der Waals surface area contributed by atoms with Crippen LogP contribution in [0.2, 0.25) is 0 Å². The zero-order valence-electron chi connectivity index (χ0n) is 13.9. The average molecular weight is 339 g/mol. The van der Waals surface area contributed by atoms with Crippen LogP contribution in [0.4, 0.5) is 0 Å². The van der Waals surface area contributed by atoms with Crippen LogP contribution >= 0.6 is 0 Å². The second-order valence-corrected chi connectivity index (χ2v) is 5.71. The minimum Gasteiger partial charge on any atom is -0.466 e. The molecule has 0 bridgehead atoms. The molecule has 3 aromatic rings. The molecule has 0 atom stereocenters. The van der Waals surface area contributed by atoms with Crippen LogP contribution in [0, 0.1) is 6.92 Å². The summed E-state index contributed by atoms with van der Waals surface area (Å²) in [6.07, 6.45) is 1.73. The molecule has 2 heterocycles. The Morgan fingerprint density at radius 3 is 2.76 bits per heavy atom. The summed E-state index contributed by atoms with van der Waals surface area (Å²) in [4.78, 5) is 40.0. The number of fused-ring (bicyclic) bond motifs is 1. The molecule has 1 aromatic carbocycles. The highest BCUT2D eigenvalue weighted by Crippen LogP contribution is 2.16. The van der Waals surface area contributed by atoms with Crippen molar-refractivity contribution in [2.75, 3.05) is 5.43 Å². The number of nitrogens with zero attached hydrogens (tertiary/aromatic N) is 2. The number of ketones is 1. The van der Waals surface area contributed by atoms with Crippen molar-refractivity contribution in [3.05, 3.63) is 64.1 Å². The maximum absolute atomic E-state index is 12.3. The van der Waals surface area contributed by atoms with Gasteiger partial charge >= 0.3 is 0 Å². The van der Waals surface area contributed by atoms with Crippen molar-refractivity contribution in [2.24, 2.45) is 0 Å². The summed E-state index contributed by atoms with van der Waals surface area (Å²) >= 11 is 0. The van der Waals surface area contributed by atoms with E-state index in [-0.39, 0.29) is 23.7 Å². The lowest BCUT2D eigenvalue weighted by Gasteiger charge is -2.08. The molecule has 25 heavy (non-hydrogen) atoms. The van der Waals surface area contributed by atoms with Gasteiger partial charge in [-0.3, -0.25) is 19.8 Å². The topological polar surface area (TPSA) is 94.2 Å². The molecule has 0 saturated heterocycles. The Kier molecular flexibility index (Phi) is 4.47. The van der Waals surface area contributed by atoms with Crippen LogP contribution in [0.15, 0.2) is 45.9 Å². The van der Waals surface area contributed by atoms with Crippen LogP contribution in [-0.2, 0) is 11.2 Å². The van der Waals surface area contributed by atoms with Gasteiger partial charge in [0.05, 0.1) is 16.5 Å². The summed E-state index contributed by atoms with van der Waals surface area (Å²) in [5, 5.41) is 0.429. The third-order valence-corrected chi connectivity index (χ3v) is 3.86. The van der Waals surface area contributed by atoms with Gasteiger partial charge in [-0.2, -0.15) is 0 Å². The van der Waals surface area contributed by atoms with Crippen LogP contribution in [0.1, 0.15) is 35.2 Å². The lowest BCUT2D eigenvalue weighted by atomic mass is 10.1. The van der Waals surface area contributed by atoms with E-state index in [1.54, 1.807) is 37.3 Å². The standard InChI is InChI=1S/C18H17N3O4/c1-11(22)15-9-13(25-12(15)2)7-8-17(23)20-21-10-19-16-6-4-3-5-14(16)18(21)24/h3-6,9-10H,7-8H2,1-2H3,(H,20,23). The summed E-state index contributed by atoms with van der Waals surface area (Å²) < 4.78 is 6.54. The number of aromatic nitrogens is 2. The third kappa shape index (κ3) is 3.50. The molecular formula is C18H17N3O4. The Morgan fingerprint density at radius 1 is 1.28 bits per heavy atom. The molecule has 7 nitrogen and oxygen atoms in total. The number of carbonyl (C=O) groups is 2. The summed E-state index contributed by atoms with van der Waals surface area (Å²) in [6.45, 7) is 3.17. The quantitative estimate of drug-likeness (QED) is 0.719. The summed E-state index contributed by atoms with van der Waals surface area (Å²) in [5.74, 6) is 0.669. The van der Waals surface area contributed by atoms with E-state index in [4.69, 9.17) is 4.42 Å². The number of para-hydroxylation sites is 1. The van der Waals surface area contributed by atoms with E-state index < -0.39 is 0 Å². The van der Waals surface area contributed by atoms with Crippen LogP contribution in [0.25, 0.3) is 10.9 Å². The van der Waals surface area contributed by atoms with Crippen molar-refractivity contribution < 1.29 is 14.0 Å². The Hall–Kier alpha value is -3.22. The largest absolute Gasteiger partial charge is 0.466 e. The molecule has 0 saturated carbocycles. The van der Waals surface area contributed by atoms with Gasteiger partial charge in [-0.15, -0.1) is 0 Å². The molecule has 3 rings (SSSR count). The first-order chi connectivity index (χ1) is 12.0. The predicted molar refractivity (Wildman–Crippen MR) is 92.1 cm³/mol. The smallest absolute Gasteiger partial charge is 0.280 e. The zero-order valence-corrected chi connectivity index (χ0v) is 13.9. The van der Waals surface area contributed by atoms with Gasteiger partial charge in [0.2, 0.25) is 5.91 Å². The Balaban J connectivity index is 1.69. The number of aryl methyl sites for hydroxylation is 2. The minimum absolute atomic E-state index is 0.0780. The van der Waals surface area contributed by atoms with Crippen molar-refractivity contribution in [3.8, 4) is 0 Å². The number of carbonyl (C=O) groups excluding carboxylic acids is 2. The highest BCUT2D eigenvalue weighted by molar-refractivity contribution is 5.95. The van der Waals surface area contributed by atoms with Gasteiger partial charge in [-0.25, -0.2) is 9.66 Å². The summed E-state index contributed by atoms with van der Waals surface area (Å²) in [6, 6.07) is 8.56. The van der Waals surface area contributed by atoms with Gasteiger partial charge in [-0.05, 0) is 32.0 Å². The van der Waals surface area contributed by atoms with Gasteiger partial charge in [-0.1, -0.05) is 12.1 Å². The molecule has 0 radical (unpaired) electrons. The molecule has 1 amide bonds. The fraction of sp³-hybridized carbons (Fsp3) is 0.222. The molecule has 0 aliphatic rings. The Bertz CT molecular complexity index is 1020. The molecule has 0 aliphatic carbocycles. The van der Waals surface area contributed by atoms with Crippen molar-refractivity contribution in [1.29, 1.82) is 0 Å². The molecule has 7 heteroatoms. The maximum atomic E-state index is 12.3. The lowest BCUT2D eigenvalue weighted by Crippen LogP contribution is -2.33. The molecular weight excluding hydrogens is 322 g/mol. The van der Waals surface area contributed by atoms with E-state index in [9.17, 15) is 14.4 Å². The minimum atomic E-state index is -0.349. The van der Waals surface area contributed by atoms with Gasteiger partial charge < -0.3 is 4.42 Å². The average Bonchev–Trinajstić information content (AvgIpc) is 2.97. The first kappa shape index (κ1) is 16.6. The second-order valence-electron chi connectivity index (χ2n) is 5.71. The molecule has 0 spiro atoms. The van der Waals surface area contributed by atoms with Gasteiger partial charge in [0.1, 0.15) is 17.8 Å². The number of Topliss-reactive ketones (excluding diaryl/α,β-unsaturated/α-hetero) is 1. The molecule has 0 aliphatic heterocycles. The van der Waals surface area contributed by atoms with E-state index in [2.05, 4.69) is 10.4 Å². The van der Waals surface area contributed by atoms with Gasteiger partial charge in [0.25, 0.3) is 5.56 Å². The molecule has 2 aromatic heterocycles. The number of nitrogens with one attached hydrogen (secondary N) is 1. The number of amides is 1. The summed E-state index contributed by atoms with van der Waals surface area (Å²) in [7, 11) is 0. The van der Waals surface area contributed by atoms with E-state index in [0.717, 1.165) is 4.68 Å². The molecule has 0 fully saturated rings. The first-order valence-corrected chi connectivity index (χ1v) is 7.82. The van der Waals surface area contributed by atoms with Crippen LogP contribution in [0.3, 0.4) is 0 Å². The van der Waals surface area contributed by atoms with E-state index >= 15 is 0 Å². The molecule has 1 N–H and O–H groups in total. The zero-order chi connectivity index (χ0) is 18.0. The number of furan rings is 1. The van der Waals surface area contributed by atoms with Crippen LogP contribution in [-0.4, -0.2) is 21.4 Å². The maximum Gasteiger partial charge on any atom is 0.280 e. The van der Waals surface area contributed by atoms with Gasteiger partial charge in [0, 0.05) is 12.8 Å². The number of rotatable bonds is 5. The molecule has 0 unspecified atom stereocenters. The Morgan fingerprint density at radius 2 is 2.04 bits per heavy atom. The van der Waals surface area contributed by atoms with Crippen molar-refractivity contribution in [1.82, 2.24) is 9.66 Å². The number of benzene rings is 1. The van der Waals surface area contributed by atoms with E-state index in [1.165, 1.54) is 13.3 Å². The van der Waals surface area contributed by atoms with E-state index in [0.29, 0.717) is 34.4 Å². The van der Waals surface area contributed by atoms with Crippen LogP contribution < -0.4 is 11.0 Å².